The maximum absolute atomic E-state index is 12.1. The van der Waals surface area contributed by atoms with Crippen LogP contribution in [0.15, 0.2) is 30.6 Å². The fraction of sp³-hybridized carbons (Fsp3) is 0.400. The van der Waals surface area contributed by atoms with E-state index in [1.165, 1.54) is 0 Å². The number of nitrogens with zero attached hydrogens (tertiary/aromatic N) is 3. The predicted octanol–water partition coefficient (Wildman–Crippen LogP) is 1.08. The summed E-state index contributed by atoms with van der Waals surface area (Å²) in [6.07, 6.45) is 5.78. The summed E-state index contributed by atoms with van der Waals surface area (Å²) in [6.45, 7) is 2.12. The Labute approximate surface area is 122 Å². The molecule has 0 bridgehead atoms. The van der Waals surface area contributed by atoms with Crippen LogP contribution in [-0.2, 0) is 4.79 Å². The summed E-state index contributed by atoms with van der Waals surface area (Å²) < 4.78 is 1.76. The van der Waals surface area contributed by atoms with Gasteiger partial charge in [-0.25, -0.2) is 4.98 Å². The molecule has 2 aromatic rings. The molecule has 1 aliphatic heterocycles. The van der Waals surface area contributed by atoms with Crippen molar-refractivity contribution in [1.29, 1.82) is 0 Å². The molecule has 1 N–H and O–H groups in total. The number of carbonyl (C=O) groups is 2. The molecule has 0 unspecified atom stereocenters. The van der Waals surface area contributed by atoms with Crippen molar-refractivity contribution in [2.24, 2.45) is 0 Å². The van der Waals surface area contributed by atoms with E-state index < -0.39 is 0 Å². The van der Waals surface area contributed by atoms with Gasteiger partial charge in [-0.15, -0.1) is 0 Å². The Balaban J connectivity index is 1.51. The Hall–Kier alpha value is -2.37. The smallest absolute Gasteiger partial charge is 0.269 e. The molecule has 0 aliphatic carbocycles. The van der Waals surface area contributed by atoms with Crippen LogP contribution in [0, 0.1) is 0 Å². The van der Waals surface area contributed by atoms with Gasteiger partial charge in [0, 0.05) is 32.3 Å². The summed E-state index contributed by atoms with van der Waals surface area (Å²) in [5, 5.41) is 2.88. The first-order chi connectivity index (χ1) is 10.3. The third-order valence-electron chi connectivity index (χ3n) is 3.71. The highest BCUT2D eigenvalue weighted by Gasteiger charge is 2.19. The average Bonchev–Trinajstić information content (AvgIpc) is 3.10. The normalized spacial score (nSPS) is 14.9. The SMILES string of the molecule is O=C(NCCCN1CCCC1=O)c1cnc2ccccn12. The lowest BCUT2D eigenvalue weighted by molar-refractivity contribution is -0.127. The fourth-order valence-corrected chi connectivity index (χ4v) is 2.60. The first-order valence-electron chi connectivity index (χ1n) is 7.24. The minimum absolute atomic E-state index is 0.138. The zero-order valence-corrected chi connectivity index (χ0v) is 11.8. The molecule has 6 nitrogen and oxygen atoms in total. The van der Waals surface area contributed by atoms with E-state index in [0.717, 1.165) is 25.0 Å². The lowest BCUT2D eigenvalue weighted by Crippen LogP contribution is -2.31. The Morgan fingerprint density at radius 3 is 3.10 bits per heavy atom. The van der Waals surface area contributed by atoms with Crippen LogP contribution in [0.3, 0.4) is 0 Å². The molecule has 1 fully saturated rings. The monoisotopic (exact) mass is 286 g/mol. The van der Waals surface area contributed by atoms with Crippen molar-refractivity contribution >= 4 is 17.5 Å². The Morgan fingerprint density at radius 2 is 2.29 bits per heavy atom. The Bertz CT molecular complexity index is 664. The van der Waals surface area contributed by atoms with Gasteiger partial charge in [0.25, 0.3) is 5.91 Å². The molecule has 0 spiro atoms. The largest absolute Gasteiger partial charge is 0.351 e. The summed E-state index contributed by atoms with van der Waals surface area (Å²) in [6, 6.07) is 5.61. The van der Waals surface area contributed by atoms with Gasteiger partial charge in [-0.05, 0) is 25.0 Å². The van der Waals surface area contributed by atoms with E-state index >= 15 is 0 Å². The van der Waals surface area contributed by atoms with Crippen LogP contribution in [0.4, 0.5) is 0 Å². The minimum Gasteiger partial charge on any atom is -0.351 e. The standard InChI is InChI=1S/C15H18N4O2/c20-14-6-3-8-18(14)9-4-7-16-15(21)12-11-17-13-5-1-2-10-19(12)13/h1-2,5,10-11H,3-4,6-9H2,(H,16,21). The van der Waals surface area contributed by atoms with Crippen molar-refractivity contribution in [1.82, 2.24) is 19.6 Å². The van der Waals surface area contributed by atoms with E-state index in [2.05, 4.69) is 10.3 Å². The van der Waals surface area contributed by atoms with Crippen molar-refractivity contribution < 1.29 is 9.59 Å². The molecule has 3 heterocycles. The number of carbonyl (C=O) groups excluding carboxylic acids is 2. The van der Waals surface area contributed by atoms with Gasteiger partial charge in [-0.2, -0.15) is 0 Å². The van der Waals surface area contributed by atoms with E-state index in [0.29, 0.717) is 25.2 Å². The fourth-order valence-electron chi connectivity index (χ4n) is 2.60. The van der Waals surface area contributed by atoms with Gasteiger partial charge in [0.05, 0.1) is 6.20 Å². The summed E-state index contributed by atoms with van der Waals surface area (Å²) in [4.78, 5) is 29.6. The maximum Gasteiger partial charge on any atom is 0.269 e. The van der Waals surface area contributed by atoms with Gasteiger partial charge in [0.2, 0.25) is 5.91 Å². The van der Waals surface area contributed by atoms with Crippen molar-refractivity contribution in [3.8, 4) is 0 Å². The number of rotatable bonds is 5. The lowest BCUT2D eigenvalue weighted by atomic mass is 10.3. The predicted molar refractivity (Wildman–Crippen MR) is 78.0 cm³/mol. The van der Waals surface area contributed by atoms with Gasteiger partial charge >= 0.3 is 0 Å². The number of pyridine rings is 1. The highest BCUT2D eigenvalue weighted by atomic mass is 16.2. The van der Waals surface area contributed by atoms with Crippen LogP contribution in [-0.4, -0.2) is 45.7 Å². The van der Waals surface area contributed by atoms with E-state index in [4.69, 9.17) is 0 Å². The van der Waals surface area contributed by atoms with Gasteiger partial charge in [0.15, 0.2) is 0 Å². The molecule has 0 aromatic carbocycles. The van der Waals surface area contributed by atoms with Crippen LogP contribution in [0.2, 0.25) is 0 Å². The van der Waals surface area contributed by atoms with Gasteiger partial charge < -0.3 is 10.2 Å². The highest BCUT2D eigenvalue weighted by Crippen LogP contribution is 2.09. The van der Waals surface area contributed by atoms with Crippen molar-refractivity contribution in [2.75, 3.05) is 19.6 Å². The Morgan fingerprint density at radius 1 is 1.38 bits per heavy atom. The summed E-state index contributed by atoms with van der Waals surface area (Å²) >= 11 is 0. The quantitative estimate of drug-likeness (QED) is 0.836. The number of nitrogens with one attached hydrogen (secondary N) is 1. The van der Waals surface area contributed by atoms with E-state index in [1.807, 2.05) is 29.3 Å². The molecule has 21 heavy (non-hydrogen) atoms. The van der Waals surface area contributed by atoms with Crippen LogP contribution in [0.1, 0.15) is 29.8 Å². The number of aromatic nitrogens is 2. The second-order valence-electron chi connectivity index (χ2n) is 5.17. The van der Waals surface area contributed by atoms with Gasteiger partial charge in [-0.1, -0.05) is 6.07 Å². The zero-order chi connectivity index (χ0) is 14.7. The van der Waals surface area contributed by atoms with E-state index in [1.54, 1.807) is 10.6 Å². The third-order valence-corrected chi connectivity index (χ3v) is 3.71. The second kappa shape index (κ2) is 5.95. The number of amides is 2. The zero-order valence-electron chi connectivity index (χ0n) is 11.8. The van der Waals surface area contributed by atoms with Gasteiger partial charge in [0.1, 0.15) is 11.3 Å². The number of imidazole rings is 1. The second-order valence-corrected chi connectivity index (χ2v) is 5.17. The molecule has 0 radical (unpaired) electrons. The molecule has 6 heteroatoms. The number of hydrogen-bond acceptors (Lipinski definition) is 3. The summed E-state index contributed by atoms with van der Waals surface area (Å²) in [7, 11) is 0. The van der Waals surface area contributed by atoms with Crippen molar-refractivity contribution in [3.05, 3.63) is 36.3 Å². The van der Waals surface area contributed by atoms with Crippen LogP contribution < -0.4 is 5.32 Å². The molecule has 0 atom stereocenters. The first-order valence-corrected chi connectivity index (χ1v) is 7.24. The van der Waals surface area contributed by atoms with Crippen LogP contribution in [0.25, 0.3) is 5.65 Å². The molecular weight excluding hydrogens is 268 g/mol. The lowest BCUT2D eigenvalue weighted by Gasteiger charge is -2.15. The minimum atomic E-state index is -0.138. The first kappa shape index (κ1) is 13.6. The number of likely N-dealkylation sites (tertiary alicyclic amines) is 1. The molecule has 2 amide bonds. The average molecular weight is 286 g/mol. The van der Waals surface area contributed by atoms with Gasteiger partial charge in [-0.3, -0.25) is 14.0 Å². The molecule has 1 saturated heterocycles. The molecule has 2 aromatic heterocycles. The molecule has 110 valence electrons. The van der Waals surface area contributed by atoms with E-state index in [-0.39, 0.29) is 11.8 Å². The topological polar surface area (TPSA) is 66.7 Å². The molecule has 3 rings (SSSR count). The molecule has 0 saturated carbocycles. The van der Waals surface area contributed by atoms with Crippen molar-refractivity contribution in [2.45, 2.75) is 19.3 Å². The van der Waals surface area contributed by atoms with Crippen LogP contribution in [0.5, 0.6) is 0 Å². The van der Waals surface area contributed by atoms with E-state index in [9.17, 15) is 9.59 Å². The number of hydrogen-bond donors (Lipinski definition) is 1. The summed E-state index contributed by atoms with van der Waals surface area (Å²) in [5.41, 5.74) is 1.29. The highest BCUT2D eigenvalue weighted by molar-refractivity contribution is 5.93. The molecular formula is C15H18N4O2. The number of fused-ring (bicyclic) bond motifs is 1. The molecule has 1 aliphatic rings. The maximum atomic E-state index is 12.1. The van der Waals surface area contributed by atoms with Crippen LogP contribution >= 0.6 is 0 Å². The Kier molecular flexibility index (Phi) is 3.85. The third kappa shape index (κ3) is 2.89. The summed E-state index contributed by atoms with van der Waals surface area (Å²) in [5.74, 6) is 0.0876. The van der Waals surface area contributed by atoms with Crippen molar-refractivity contribution in [3.63, 3.8) is 0 Å².